The SMILES string of the molecule is C=Cc1ccccc1OC1(CC)CCCCC1. The molecule has 1 aromatic rings. The second-order valence-electron chi connectivity index (χ2n) is 4.94. The lowest BCUT2D eigenvalue weighted by molar-refractivity contribution is 0.0263. The van der Waals surface area contributed by atoms with Crippen LogP contribution in [0.25, 0.3) is 6.08 Å². The van der Waals surface area contributed by atoms with Crippen molar-refractivity contribution in [3.05, 3.63) is 36.4 Å². The van der Waals surface area contributed by atoms with Crippen molar-refractivity contribution in [1.29, 1.82) is 0 Å². The Bertz CT molecular complexity index is 375. The predicted molar refractivity (Wildman–Crippen MR) is 73.3 cm³/mol. The Hall–Kier alpha value is -1.24. The van der Waals surface area contributed by atoms with Crippen molar-refractivity contribution >= 4 is 6.08 Å². The zero-order valence-electron chi connectivity index (χ0n) is 10.7. The minimum atomic E-state index is 0.0668. The molecule has 0 N–H and O–H groups in total. The number of benzene rings is 1. The van der Waals surface area contributed by atoms with Gasteiger partial charge in [-0.15, -0.1) is 0 Å². The van der Waals surface area contributed by atoms with E-state index >= 15 is 0 Å². The van der Waals surface area contributed by atoms with Gasteiger partial charge in [0.1, 0.15) is 11.4 Å². The average molecular weight is 230 g/mol. The van der Waals surface area contributed by atoms with E-state index < -0.39 is 0 Å². The van der Waals surface area contributed by atoms with Crippen LogP contribution < -0.4 is 4.74 Å². The zero-order valence-corrected chi connectivity index (χ0v) is 10.7. The van der Waals surface area contributed by atoms with Crippen LogP contribution in [0.3, 0.4) is 0 Å². The highest BCUT2D eigenvalue weighted by molar-refractivity contribution is 5.55. The van der Waals surface area contributed by atoms with Crippen molar-refractivity contribution in [2.75, 3.05) is 0 Å². The van der Waals surface area contributed by atoms with Crippen molar-refractivity contribution in [3.8, 4) is 5.75 Å². The van der Waals surface area contributed by atoms with Gasteiger partial charge in [0.15, 0.2) is 0 Å². The van der Waals surface area contributed by atoms with E-state index in [0.29, 0.717) is 0 Å². The fraction of sp³-hybridized carbons (Fsp3) is 0.500. The summed E-state index contributed by atoms with van der Waals surface area (Å²) in [5.74, 6) is 0.992. The van der Waals surface area contributed by atoms with Gasteiger partial charge in [0.25, 0.3) is 0 Å². The summed E-state index contributed by atoms with van der Waals surface area (Å²) in [5, 5.41) is 0. The van der Waals surface area contributed by atoms with Crippen LogP contribution in [-0.4, -0.2) is 5.60 Å². The fourth-order valence-electron chi connectivity index (χ4n) is 2.70. The quantitative estimate of drug-likeness (QED) is 0.720. The summed E-state index contributed by atoms with van der Waals surface area (Å²) in [5.41, 5.74) is 1.17. The van der Waals surface area contributed by atoms with E-state index in [-0.39, 0.29) is 5.60 Å². The molecule has 0 atom stereocenters. The molecular weight excluding hydrogens is 208 g/mol. The third-order valence-corrected chi connectivity index (χ3v) is 3.87. The van der Waals surface area contributed by atoms with Gasteiger partial charge >= 0.3 is 0 Å². The summed E-state index contributed by atoms with van der Waals surface area (Å²) in [7, 11) is 0. The van der Waals surface area contributed by atoms with Crippen LogP contribution in [0.2, 0.25) is 0 Å². The van der Waals surface area contributed by atoms with Gasteiger partial charge in [-0.05, 0) is 38.2 Å². The minimum absolute atomic E-state index is 0.0668. The number of hydrogen-bond acceptors (Lipinski definition) is 1. The molecule has 1 aromatic carbocycles. The van der Waals surface area contributed by atoms with E-state index in [0.717, 1.165) is 17.7 Å². The maximum absolute atomic E-state index is 6.34. The maximum atomic E-state index is 6.34. The molecule has 1 heteroatoms. The van der Waals surface area contributed by atoms with Crippen molar-refractivity contribution < 1.29 is 4.74 Å². The topological polar surface area (TPSA) is 9.23 Å². The monoisotopic (exact) mass is 230 g/mol. The predicted octanol–water partition coefficient (Wildman–Crippen LogP) is 4.82. The molecule has 1 saturated carbocycles. The second-order valence-corrected chi connectivity index (χ2v) is 4.94. The largest absolute Gasteiger partial charge is 0.487 e. The first-order valence-corrected chi connectivity index (χ1v) is 6.70. The third-order valence-electron chi connectivity index (χ3n) is 3.87. The van der Waals surface area contributed by atoms with Crippen LogP contribution in [0.1, 0.15) is 51.0 Å². The fourth-order valence-corrected chi connectivity index (χ4v) is 2.70. The number of para-hydroxylation sites is 1. The van der Waals surface area contributed by atoms with Gasteiger partial charge in [-0.2, -0.15) is 0 Å². The molecule has 0 saturated heterocycles. The van der Waals surface area contributed by atoms with E-state index in [2.05, 4.69) is 25.6 Å². The molecule has 0 spiro atoms. The van der Waals surface area contributed by atoms with Crippen molar-refractivity contribution in [2.45, 2.75) is 51.0 Å². The van der Waals surface area contributed by atoms with Gasteiger partial charge in [0.05, 0.1) is 0 Å². The molecular formula is C16H22O. The highest BCUT2D eigenvalue weighted by Crippen LogP contribution is 2.36. The third kappa shape index (κ3) is 2.71. The molecule has 0 unspecified atom stereocenters. The summed E-state index contributed by atoms with van der Waals surface area (Å²) < 4.78 is 6.34. The van der Waals surface area contributed by atoms with E-state index in [1.165, 1.54) is 32.1 Å². The smallest absolute Gasteiger partial charge is 0.127 e. The van der Waals surface area contributed by atoms with Crippen LogP contribution in [-0.2, 0) is 0 Å². The number of ether oxygens (including phenoxy) is 1. The van der Waals surface area contributed by atoms with Crippen LogP contribution in [0.4, 0.5) is 0 Å². The molecule has 0 heterocycles. The highest BCUT2D eigenvalue weighted by atomic mass is 16.5. The van der Waals surface area contributed by atoms with Gasteiger partial charge in [0.2, 0.25) is 0 Å². The Balaban J connectivity index is 2.20. The van der Waals surface area contributed by atoms with Crippen LogP contribution in [0.15, 0.2) is 30.8 Å². The second kappa shape index (κ2) is 5.39. The lowest BCUT2D eigenvalue weighted by atomic mass is 9.82. The van der Waals surface area contributed by atoms with E-state index in [9.17, 15) is 0 Å². The van der Waals surface area contributed by atoms with Gasteiger partial charge in [-0.25, -0.2) is 0 Å². The van der Waals surface area contributed by atoms with Gasteiger partial charge in [-0.1, -0.05) is 44.2 Å². The molecule has 1 aliphatic rings. The molecule has 0 aliphatic heterocycles. The first-order chi connectivity index (χ1) is 8.29. The average Bonchev–Trinajstić information content (AvgIpc) is 2.40. The van der Waals surface area contributed by atoms with Gasteiger partial charge in [0, 0.05) is 5.56 Å². The summed E-state index contributed by atoms with van der Waals surface area (Å²) in [4.78, 5) is 0. The van der Waals surface area contributed by atoms with Crippen LogP contribution in [0.5, 0.6) is 5.75 Å². The standard InChI is InChI=1S/C16H22O/c1-3-14-10-6-7-11-15(14)17-16(4-2)12-8-5-9-13-16/h3,6-7,10-11H,1,4-5,8-9,12-13H2,2H3. The normalized spacial score (nSPS) is 18.6. The first-order valence-electron chi connectivity index (χ1n) is 6.70. The highest BCUT2D eigenvalue weighted by Gasteiger charge is 2.32. The van der Waals surface area contributed by atoms with E-state index in [1.807, 2.05) is 18.2 Å². The van der Waals surface area contributed by atoms with Crippen molar-refractivity contribution in [1.82, 2.24) is 0 Å². The van der Waals surface area contributed by atoms with Crippen LogP contribution in [0, 0.1) is 0 Å². The molecule has 0 aromatic heterocycles. The molecule has 17 heavy (non-hydrogen) atoms. The molecule has 1 fully saturated rings. The van der Waals surface area contributed by atoms with Gasteiger partial charge < -0.3 is 4.74 Å². The summed E-state index contributed by atoms with van der Waals surface area (Å²) in [6.45, 7) is 6.09. The van der Waals surface area contributed by atoms with Crippen LogP contribution >= 0.6 is 0 Å². The minimum Gasteiger partial charge on any atom is -0.487 e. The van der Waals surface area contributed by atoms with E-state index in [1.54, 1.807) is 0 Å². The summed E-state index contributed by atoms with van der Waals surface area (Å²) in [6, 6.07) is 8.19. The summed E-state index contributed by atoms with van der Waals surface area (Å²) in [6.07, 6.45) is 9.30. The molecule has 1 aliphatic carbocycles. The Morgan fingerprint density at radius 2 is 1.94 bits per heavy atom. The lowest BCUT2D eigenvalue weighted by Gasteiger charge is -2.37. The molecule has 92 valence electrons. The van der Waals surface area contributed by atoms with Gasteiger partial charge in [-0.3, -0.25) is 0 Å². The zero-order chi connectivity index (χ0) is 12.1. The first kappa shape index (κ1) is 12.2. The molecule has 0 radical (unpaired) electrons. The number of hydrogen-bond donors (Lipinski definition) is 0. The maximum Gasteiger partial charge on any atom is 0.127 e. The molecule has 2 rings (SSSR count). The Labute approximate surface area is 104 Å². The Morgan fingerprint density at radius 1 is 1.24 bits per heavy atom. The van der Waals surface area contributed by atoms with Crippen molar-refractivity contribution in [2.24, 2.45) is 0 Å². The number of rotatable bonds is 4. The molecule has 1 nitrogen and oxygen atoms in total. The summed E-state index contributed by atoms with van der Waals surface area (Å²) >= 11 is 0. The van der Waals surface area contributed by atoms with E-state index in [4.69, 9.17) is 4.74 Å². The Morgan fingerprint density at radius 3 is 2.59 bits per heavy atom. The lowest BCUT2D eigenvalue weighted by Crippen LogP contribution is -2.37. The van der Waals surface area contributed by atoms with Crippen molar-refractivity contribution in [3.63, 3.8) is 0 Å². The Kier molecular flexibility index (Phi) is 3.88. The molecule has 0 bridgehead atoms. The molecule has 0 amide bonds.